The third-order valence-electron chi connectivity index (χ3n) is 3.58. The summed E-state index contributed by atoms with van der Waals surface area (Å²) in [6.07, 6.45) is 9.20. The van der Waals surface area contributed by atoms with Gasteiger partial charge in [-0.1, -0.05) is 6.92 Å². The van der Waals surface area contributed by atoms with Gasteiger partial charge in [-0.25, -0.2) is 4.98 Å². The Bertz CT molecular complexity index is 328. The monoisotopic (exact) mass is 250 g/mol. The van der Waals surface area contributed by atoms with E-state index in [4.69, 9.17) is 0 Å². The van der Waals surface area contributed by atoms with Gasteiger partial charge in [0.2, 0.25) is 0 Å². The first-order valence-corrected chi connectivity index (χ1v) is 7.33. The van der Waals surface area contributed by atoms with Crippen LogP contribution in [-0.4, -0.2) is 40.6 Å². The highest BCUT2D eigenvalue weighted by atomic mass is 15.1. The van der Waals surface area contributed by atoms with Gasteiger partial charge in [0.15, 0.2) is 0 Å². The second-order valence-corrected chi connectivity index (χ2v) is 5.12. The predicted octanol–water partition coefficient (Wildman–Crippen LogP) is 1.87. The molecule has 0 bridgehead atoms. The molecule has 4 heteroatoms. The zero-order valence-corrected chi connectivity index (χ0v) is 11.6. The van der Waals surface area contributed by atoms with Gasteiger partial charge in [0.25, 0.3) is 0 Å². The molecule has 0 spiro atoms. The Hall–Kier alpha value is -0.870. The molecule has 0 radical (unpaired) electrons. The SMILES string of the molecule is CCCNCc1nccn1CCCN1CCCC1. The van der Waals surface area contributed by atoms with E-state index in [0.29, 0.717) is 0 Å². The Kier molecular flexibility index (Phi) is 5.68. The second kappa shape index (κ2) is 7.54. The lowest BCUT2D eigenvalue weighted by Crippen LogP contribution is -2.22. The zero-order valence-electron chi connectivity index (χ0n) is 11.6. The van der Waals surface area contributed by atoms with Gasteiger partial charge < -0.3 is 14.8 Å². The number of rotatable bonds is 8. The van der Waals surface area contributed by atoms with Gasteiger partial charge in [-0.2, -0.15) is 0 Å². The summed E-state index contributed by atoms with van der Waals surface area (Å²) in [5.74, 6) is 1.17. The molecule has 0 unspecified atom stereocenters. The molecule has 0 saturated carbocycles. The van der Waals surface area contributed by atoms with Crippen molar-refractivity contribution in [2.24, 2.45) is 0 Å². The Morgan fingerprint density at radius 2 is 2.11 bits per heavy atom. The molecule has 1 saturated heterocycles. The van der Waals surface area contributed by atoms with Crippen molar-refractivity contribution in [2.75, 3.05) is 26.2 Å². The van der Waals surface area contributed by atoms with Crippen molar-refractivity contribution in [1.29, 1.82) is 0 Å². The maximum Gasteiger partial charge on any atom is 0.122 e. The Morgan fingerprint density at radius 3 is 2.89 bits per heavy atom. The van der Waals surface area contributed by atoms with Gasteiger partial charge in [0, 0.05) is 18.9 Å². The van der Waals surface area contributed by atoms with Crippen molar-refractivity contribution >= 4 is 0 Å². The molecule has 0 aromatic carbocycles. The van der Waals surface area contributed by atoms with Crippen LogP contribution in [0.3, 0.4) is 0 Å². The molecule has 1 aliphatic rings. The van der Waals surface area contributed by atoms with Gasteiger partial charge in [0.05, 0.1) is 6.54 Å². The van der Waals surface area contributed by atoms with Crippen LogP contribution in [0.4, 0.5) is 0 Å². The van der Waals surface area contributed by atoms with Gasteiger partial charge in [0.1, 0.15) is 5.82 Å². The van der Waals surface area contributed by atoms with Crippen molar-refractivity contribution in [1.82, 2.24) is 19.8 Å². The molecule has 1 aromatic heterocycles. The van der Waals surface area contributed by atoms with E-state index < -0.39 is 0 Å². The highest BCUT2D eigenvalue weighted by molar-refractivity contribution is 4.91. The van der Waals surface area contributed by atoms with Gasteiger partial charge in [-0.05, 0) is 51.9 Å². The third-order valence-corrected chi connectivity index (χ3v) is 3.58. The van der Waals surface area contributed by atoms with E-state index in [9.17, 15) is 0 Å². The Labute approximate surface area is 110 Å². The third kappa shape index (κ3) is 4.10. The summed E-state index contributed by atoms with van der Waals surface area (Å²) in [7, 11) is 0. The van der Waals surface area contributed by atoms with Crippen LogP contribution in [0.1, 0.15) is 38.4 Å². The quantitative estimate of drug-likeness (QED) is 0.715. The molecule has 1 N–H and O–H groups in total. The molecule has 1 fully saturated rings. The van der Waals surface area contributed by atoms with Crippen LogP contribution >= 0.6 is 0 Å². The minimum Gasteiger partial charge on any atom is -0.334 e. The average molecular weight is 250 g/mol. The Balaban J connectivity index is 1.69. The van der Waals surface area contributed by atoms with Crippen LogP contribution in [0.5, 0.6) is 0 Å². The number of hydrogen-bond donors (Lipinski definition) is 1. The molecule has 1 aromatic rings. The summed E-state index contributed by atoms with van der Waals surface area (Å²) < 4.78 is 2.29. The van der Waals surface area contributed by atoms with Crippen molar-refractivity contribution in [3.05, 3.63) is 18.2 Å². The number of imidazole rings is 1. The number of aromatic nitrogens is 2. The standard InChI is InChI=1S/C14H26N4/c1-2-6-15-13-14-16-7-12-18(14)11-5-10-17-8-3-4-9-17/h7,12,15H,2-6,8-11,13H2,1H3. The predicted molar refractivity (Wildman–Crippen MR) is 74.5 cm³/mol. The number of likely N-dealkylation sites (tertiary alicyclic amines) is 1. The van der Waals surface area contributed by atoms with E-state index in [1.807, 2.05) is 6.20 Å². The first-order chi connectivity index (χ1) is 8.90. The molecule has 102 valence electrons. The molecule has 4 nitrogen and oxygen atoms in total. The molecule has 2 heterocycles. The van der Waals surface area contributed by atoms with E-state index >= 15 is 0 Å². The van der Waals surface area contributed by atoms with Crippen LogP contribution < -0.4 is 5.32 Å². The number of hydrogen-bond acceptors (Lipinski definition) is 3. The van der Waals surface area contributed by atoms with Crippen LogP contribution in [0.25, 0.3) is 0 Å². The second-order valence-electron chi connectivity index (χ2n) is 5.12. The summed E-state index contributed by atoms with van der Waals surface area (Å²) in [5.41, 5.74) is 0. The first-order valence-electron chi connectivity index (χ1n) is 7.33. The maximum atomic E-state index is 4.43. The fraction of sp³-hybridized carbons (Fsp3) is 0.786. The van der Waals surface area contributed by atoms with E-state index in [-0.39, 0.29) is 0 Å². The lowest BCUT2D eigenvalue weighted by Gasteiger charge is -2.15. The van der Waals surface area contributed by atoms with Crippen LogP contribution in [0.15, 0.2) is 12.4 Å². The normalized spacial score (nSPS) is 16.5. The summed E-state index contributed by atoms with van der Waals surface area (Å²) in [6, 6.07) is 0. The minimum atomic E-state index is 0.893. The summed E-state index contributed by atoms with van der Waals surface area (Å²) in [5, 5.41) is 3.42. The zero-order chi connectivity index (χ0) is 12.6. The highest BCUT2D eigenvalue weighted by Crippen LogP contribution is 2.08. The van der Waals surface area contributed by atoms with Crippen molar-refractivity contribution in [3.8, 4) is 0 Å². The van der Waals surface area contributed by atoms with Gasteiger partial charge in [-0.3, -0.25) is 0 Å². The van der Waals surface area contributed by atoms with E-state index in [1.54, 1.807) is 0 Å². The largest absolute Gasteiger partial charge is 0.334 e. The average Bonchev–Trinajstić information content (AvgIpc) is 3.02. The maximum absolute atomic E-state index is 4.43. The van der Waals surface area contributed by atoms with Crippen LogP contribution in [0.2, 0.25) is 0 Å². The van der Waals surface area contributed by atoms with Crippen LogP contribution in [0, 0.1) is 0 Å². The molecule has 1 aliphatic heterocycles. The molecule has 2 rings (SSSR count). The van der Waals surface area contributed by atoms with Crippen molar-refractivity contribution in [3.63, 3.8) is 0 Å². The molecule has 0 atom stereocenters. The molecular formula is C14H26N4. The van der Waals surface area contributed by atoms with E-state index in [0.717, 1.165) is 19.6 Å². The summed E-state index contributed by atoms with van der Waals surface area (Å²) >= 11 is 0. The molecule has 18 heavy (non-hydrogen) atoms. The first kappa shape index (κ1) is 13.6. The number of nitrogens with one attached hydrogen (secondary N) is 1. The molecule has 0 aliphatic carbocycles. The van der Waals surface area contributed by atoms with Crippen molar-refractivity contribution in [2.45, 2.75) is 45.7 Å². The minimum absolute atomic E-state index is 0.893. The van der Waals surface area contributed by atoms with E-state index in [1.165, 1.54) is 51.1 Å². The van der Waals surface area contributed by atoms with Crippen molar-refractivity contribution < 1.29 is 0 Å². The Morgan fingerprint density at radius 1 is 1.28 bits per heavy atom. The van der Waals surface area contributed by atoms with E-state index in [2.05, 4.69) is 32.9 Å². The van der Waals surface area contributed by atoms with Gasteiger partial charge >= 0.3 is 0 Å². The number of nitrogens with zero attached hydrogens (tertiary/aromatic N) is 3. The smallest absolute Gasteiger partial charge is 0.122 e. The fourth-order valence-electron chi connectivity index (χ4n) is 2.56. The molecule has 0 amide bonds. The number of aryl methyl sites for hydroxylation is 1. The lowest BCUT2D eigenvalue weighted by atomic mass is 10.3. The fourth-order valence-corrected chi connectivity index (χ4v) is 2.56. The molecular weight excluding hydrogens is 224 g/mol. The lowest BCUT2D eigenvalue weighted by molar-refractivity contribution is 0.324. The summed E-state index contributed by atoms with van der Waals surface area (Å²) in [4.78, 5) is 7.00. The van der Waals surface area contributed by atoms with Crippen LogP contribution in [-0.2, 0) is 13.1 Å². The topological polar surface area (TPSA) is 33.1 Å². The summed E-state index contributed by atoms with van der Waals surface area (Å²) in [6.45, 7) is 9.09. The van der Waals surface area contributed by atoms with Gasteiger partial charge in [-0.15, -0.1) is 0 Å². The highest BCUT2D eigenvalue weighted by Gasteiger charge is 2.10.